The third kappa shape index (κ3) is 3.73. The van der Waals surface area contributed by atoms with Crippen LogP contribution in [0.15, 0.2) is 77.8 Å². The van der Waals surface area contributed by atoms with Crippen LogP contribution in [0.4, 0.5) is 5.69 Å². The van der Waals surface area contributed by atoms with Gasteiger partial charge in [0.1, 0.15) is 0 Å². The highest BCUT2D eigenvalue weighted by Gasteiger charge is 2.20. The van der Waals surface area contributed by atoms with E-state index in [1.54, 1.807) is 42.5 Å². The lowest BCUT2D eigenvalue weighted by atomic mass is 9.99. The highest BCUT2D eigenvalue weighted by atomic mass is 35.5. The first-order valence-corrected chi connectivity index (χ1v) is 9.27. The minimum atomic E-state index is -0.450. The van der Waals surface area contributed by atoms with Crippen molar-refractivity contribution in [2.24, 2.45) is 4.99 Å². The number of carbonyl (C=O) groups excluding carboxylic acids is 1. The number of aromatic hydroxyl groups is 1. The molecule has 0 aliphatic rings. The van der Waals surface area contributed by atoms with Crippen molar-refractivity contribution < 1.29 is 14.6 Å². The van der Waals surface area contributed by atoms with Crippen molar-refractivity contribution in [1.82, 2.24) is 4.98 Å². The van der Waals surface area contributed by atoms with Crippen LogP contribution in [-0.4, -0.2) is 28.9 Å². The van der Waals surface area contributed by atoms with Gasteiger partial charge in [0, 0.05) is 21.5 Å². The van der Waals surface area contributed by atoms with Gasteiger partial charge in [-0.2, -0.15) is 0 Å². The van der Waals surface area contributed by atoms with Gasteiger partial charge in [0.05, 0.1) is 29.6 Å². The first-order valence-electron chi connectivity index (χ1n) is 8.90. The van der Waals surface area contributed by atoms with Crippen LogP contribution in [0.5, 0.6) is 5.88 Å². The quantitative estimate of drug-likeness (QED) is 0.349. The highest BCUT2D eigenvalue weighted by molar-refractivity contribution is 6.30. The average Bonchev–Trinajstić information content (AvgIpc) is 3.08. The molecule has 0 saturated carbocycles. The normalized spacial score (nSPS) is 11.6. The minimum absolute atomic E-state index is 0.0291. The third-order valence-corrected chi connectivity index (χ3v) is 4.80. The number of nitrogens with one attached hydrogen (secondary N) is 1. The number of methoxy groups -OCH3 is 1. The first-order chi connectivity index (χ1) is 14.1. The van der Waals surface area contributed by atoms with E-state index >= 15 is 0 Å². The number of esters is 1. The van der Waals surface area contributed by atoms with E-state index in [4.69, 9.17) is 21.3 Å². The molecule has 4 rings (SSSR count). The summed E-state index contributed by atoms with van der Waals surface area (Å²) in [6.45, 7) is 0. The molecule has 5 nitrogen and oxygen atoms in total. The summed E-state index contributed by atoms with van der Waals surface area (Å²) >= 11 is 5.99. The number of hydrogen-bond acceptors (Lipinski definition) is 4. The van der Waals surface area contributed by atoms with Gasteiger partial charge in [0.15, 0.2) is 5.88 Å². The number of aromatic amines is 1. The Balaban J connectivity index is 1.97. The molecule has 0 radical (unpaired) electrons. The number of rotatable bonds is 4. The number of aromatic nitrogens is 1. The van der Waals surface area contributed by atoms with Crippen molar-refractivity contribution >= 4 is 39.9 Å². The molecule has 0 fully saturated rings. The fourth-order valence-electron chi connectivity index (χ4n) is 3.17. The second kappa shape index (κ2) is 7.81. The van der Waals surface area contributed by atoms with Crippen LogP contribution in [0.1, 0.15) is 21.5 Å². The summed E-state index contributed by atoms with van der Waals surface area (Å²) in [5.41, 5.74) is 3.66. The van der Waals surface area contributed by atoms with Crippen LogP contribution < -0.4 is 0 Å². The summed E-state index contributed by atoms with van der Waals surface area (Å²) in [6.07, 6.45) is 0. The predicted molar refractivity (Wildman–Crippen MR) is 114 cm³/mol. The van der Waals surface area contributed by atoms with Crippen molar-refractivity contribution in [3.05, 3.63) is 94.5 Å². The number of carbonyl (C=O) groups is 1. The highest BCUT2D eigenvalue weighted by Crippen LogP contribution is 2.32. The van der Waals surface area contributed by atoms with E-state index in [2.05, 4.69) is 4.98 Å². The Kier molecular flexibility index (Phi) is 5.06. The number of hydrogen-bond donors (Lipinski definition) is 2. The third-order valence-electron chi connectivity index (χ3n) is 4.55. The van der Waals surface area contributed by atoms with Crippen molar-refractivity contribution in [2.45, 2.75) is 0 Å². The number of aliphatic imine (C=N–C) groups is 1. The van der Waals surface area contributed by atoms with Crippen LogP contribution >= 0.6 is 11.6 Å². The number of ether oxygens (including phenoxy) is 1. The second-order valence-electron chi connectivity index (χ2n) is 6.40. The fourth-order valence-corrected chi connectivity index (χ4v) is 3.29. The van der Waals surface area contributed by atoms with E-state index < -0.39 is 5.97 Å². The molecule has 0 atom stereocenters. The molecule has 0 unspecified atom stereocenters. The van der Waals surface area contributed by atoms with Gasteiger partial charge < -0.3 is 14.8 Å². The van der Waals surface area contributed by atoms with E-state index in [0.717, 1.165) is 5.56 Å². The number of nitrogens with zero attached hydrogens (tertiary/aromatic N) is 1. The van der Waals surface area contributed by atoms with E-state index in [1.165, 1.54) is 7.11 Å². The molecular formula is C23H17ClN2O3. The Morgan fingerprint density at radius 1 is 1.00 bits per heavy atom. The van der Waals surface area contributed by atoms with Crippen LogP contribution in [0.2, 0.25) is 5.02 Å². The molecule has 1 aromatic heterocycles. The van der Waals surface area contributed by atoms with Gasteiger partial charge >= 0.3 is 5.97 Å². The monoisotopic (exact) mass is 404 g/mol. The lowest BCUT2D eigenvalue weighted by Gasteiger charge is -2.08. The van der Waals surface area contributed by atoms with Crippen molar-refractivity contribution in [3.8, 4) is 5.88 Å². The Hall–Kier alpha value is -3.57. The second-order valence-corrected chi connectivity index (χ2v) is 6.84. The maximum Gasteiger partial charge on any atom is 0.337 e. The predicted octanol–water partition coefficient (Wildman–Crippen LogP) is 5.48. The molecule has 0 aliphatic carbocycles. The molecule has 1 heterocycles. The molecule has 0 amide bonds. The zero-order valence-electron chi connectivity index (χ0n) is 15.5. The van der Waals surface area contributed by atoms with Crippen LogP contribution in [0.3, 0.4) is 0 Å². The molecule has 2 N–H and O–H groups in total. The van der Waals surface area contributed by atoms with Gasteiger partial charge in [-0.25, -0.2) is 9.79 Å². The van der Waals surface area contributed by atoms with E-state index in [9.17, 15) is 9.90 Å². The summed E-state index contributed by atoms with van der Waals surface area (Å²) in [4.78, 5) is 19.7. The summed E-state index contributed by atoms with van der Waals surface area (Å²) in [5.74, 6) is -0.479. The molecule has 144 valence electrons. The Labute approximate surface area is 172 Å². The van der Waals surface area contributed by atoms with Crippen LogP contribution in [-0.2, 0) is 4.74 Å². The van der Waals surface area contributed by atoms with Gasteiger partial charge in [-0.05, 0) is 42.5 Å². The Morgan fingerprint density at radius 3 is 2.41 bits per heavy atom. The van der Waals surface area contributed by atoms with Crippen LogP contribution in [0, 0.1) is 0 Å². The van der Waals surface area contributed by atoms with E-state index in [-0.39, 0.29) is 5.88 Å². The molecule has 4 aromatic rings. The van der Waals surface area contributed by atoms with Gasteiger partial charge in [-0.15, -0.1) is 0 Å². The molecule has 0 spiro atoms. The Morgan fingerprint density at radius 2 is 1.72 bits per heavy atom. The van der Waals surface area contributed by atoms with Gasteiger partial charge in [0.25, 0.3) is 0 Å². The number of fused-ring (bicyclic) bond motifs is 1. The van der Waals surface area contributed by atoms with Gasteiger partial charge in [-0.1, -0.05) is 41.9 Å². The summed E-state index contributed by atoms with van der Waals surface area (Å²) in [7, 11) is 1.33. The summed E-state index contributed by atoms with van der Waals surface area (Å²) in [6, 6.07) is 21.7. The lowest BCUT2D eigenvalue weighted by molar-refractivity contribution is 0.0601. The molecule has 3 aromatic carbocycles. The van der Waals surface area contributed by atoms with Crippen molar-refractivity contribution in [2.75, 3.05) is 7.11 Å². The van der Waals surface area contributed by atoms with Gasteiger partial charge in [0.2, 0.25) is 0 Å². The number of H-pyrrole nitrogens is 1. The molecule has 6 heteroatoms. The van der Waals surface area contributed by atoms with Crippen molar-refractivity contribution in [3.63, 3.8) is 0 Å². The topological polar surface area (TPSA) is 74.7 Å². The van der Waals surface area contributed by atoms with E-state index in [1.807, 2.05) is 30.3 Å². The smallest absolute Gasteiger partial charge is 0.337 e. The number of benzene rings is 3. The zero-order chi connectivity index (χ0) is 20.4. The Bertz CT molecular complexity index is 1210. The lowest BCUT2D eigenvalue weighted by Crippen LogP contribution is -2.04. The molecule has 29 heavy (non-hydrogen) atoms. The standard InChI is InChI=1S/C23H17ClN2O3/c1-29-23(28)15-7-12-19-18(13-15)20(22(27)26-19)21(14-5-3-2-4-6-14)25-17-10-8-16(24)9-11-17/h2-13,26-27H,1H3. The maximum atomic E-state index is 12.0. The number of halogens is 1. The summed E-state index contributed by atoms with van der Waals surface area (Å²) in [5, 5.41) is 12.0. The first kappa shape index (κ1) is 18.8. The van der Waals surface area contributed by atoms with Gasteiger partial charge in [-0.3, -0.25) is 0 Å². The van der Waals surface area contributed by atoms with Crippen molar-refractivity contribution in [1.29, 1.82) is 0 Å². The molecular weight excluding hydrogens is 388 g/mol. The summed E-state index contributed by atoms with van der Waals surface area (Å²) < 4.78 is 4.83. The zero-order valence-corrected chi connectivity index (χ0v) is 16.3. The largest absolute Gasteiger partial charge is 0.494 e. The fraction of sp³-hybridized carbons (Fsp3) is 0.0435. The minimum Gasteiger partial charge on any atom is -0.494 e. The molecule has 0 saturated heterocycles. The molecule has 0 aliphatic heterocycles. The SMILES string of the molecule is COC(=O)c1ccc2[nH]c(O)c(C(=Nc3ccc(Cl)cc3)c3ccccc3)c2c1. The molecule has 0 bridgehead atoms. The average molecular weight is 405 g/mol. The van der Waals surface area contributed by atoms with E-state index in [0.29, 0.717) is 38.5 Å². The van der Waals surface area contributed by atoms with Crippen LogP contribution in [0.25, 0.3) is 10.9 Å². The maximum absolute atomic E-state index is 12.0.